The molecule has 8 aromatic rings. The number of anilines is 2. The molecule has 0 saturated carbocycles. The van der Waals surface area contributed by atoms with Gasteiger partial charge in [0.15, 0.2) is 0 Å². The molecule has 5 aromatic carbocycles. The number of nitrogens with zero attached hydrogens (tertiary/aromatic N) is 4. The Kier molecular flexibility index (Phi) is 8.28. The zero-order valence-electron chi connectivity index (χ0n) is 29.0. The molecule has 5 nitrogen and oxygen atoms in total. The molecule has 9 rings (SSSR count). The summed E-state index contributed by atoms with van der Waals surface area (Å²) in [6, 6.07) is 41.0. The van der Waals surface area contributed by atoms with E-state index >= 15 is 0 Å². The minimum absolute atomic E-state index is 0. The Bertz CT molecular complexity index is 2610. The van der Waals surface area contributed by atoms with Crippen LogP contribution in [0.2, 0.25) is 0 Å². The second-order valence-electron chi connectivity index (χ2n) is 14.0. The van der Waals surface area contributed by atoms with Crippen LogP contribution in [0.25, 0.3) is 47.8 Å². The fraction of sp³-hybridized carbons (Fsp3) is 0.136. The molecule has 0 N–H and O–H groups in total. The number of fused-ring (bicyclic) bond motifs is 7. The summed E-state index contributed by atoms with van der Waals surface area (Å²) in [7, 11) is 0. The normalized spacial score (nSPS) is 13.2. The van der Waals surface area contributed by atoms with Crippen molar-refractivity contribution in [2.24, 2.45) is 0 Å². The minimum atomic E-state index is 0. The van der Waals surface area contributed by atoms with Crippen LogP contribution in [-0.4, -0.2) is 9.55 Å². The standard InChI is InChI=1S/C44H35N4OS.Pt/c1-28-23-30(44(3,4)5)24-29(2)42(28)47-22-21-46(27-47)31-11-10-12-32(25-31)49-33-16-17-34-35-18-19-39-41(36-13-6-7-14-38(36)50-39)43(35)48(37(34)26-33)40-15-8-9-20-45-40;/h6-24,27H,1-5H3;/q-3;. The molecular formula is C44H35N4OPtS-3. The van der Waals surface area contributed by atoms with Crippen LogP contribution in [0, 0.1) is 32.6 Å². The van der Waals surface area contributed by atoms with Gasteiger partial charge in [0.05, 0.1) is 5.52 Å². The zero-order valence-corrected chi connectivity index (χ0v) is 32.1. The maximum atomic E-state index is 6.49. The molecule has 0 aliphatic carbocycles. The number of hydrogen-bond acceptors (Lipinski definition) is 5. The molecule has 0 unspecified atom stereocenters. The molecule has 4 heterocycles. The summed E-state index contributed by atoms with van der Waals surface area (Å²) in [6.45, 7) is 13.3. The third kappa shape index (κ3) is 5.71. The predicted molar refractivity (Wildman–Crippen MR) is 209 cm³/mol. The van der Waals surface area contributed by atoms with Gasteiger partial charge >= 0.3 is 0 Å². The summed E-state index contributed by atoms with van der Waals surface area (Å²) in [6.07, 6.45) is 6.00. The number of aryl methyl sites for hydroxylation is 2. The molecule has 0 fully saturated rings. The third-order valence-electron chi connectivity index (χ3n) is 9.53. The van der Waals surface area contributed by atoms with Gasteiger partial charge in [-0.3, -0.25) is 0 Å². The SMILES string of the molecule is Cc1cc(C(C)(C)C)cc(C)c1N1C=CN(c2[c-]c(Oc3[c-]c4c(cc3)c3ccc5sc6ccccc6c5c3n4-c3ccccn3)ccc2)[CH-]1.[Pt]. The van der Waals surface area contributed by atoms with E-state index in [1.54, 1.807) is 0 Å². The first-order valence-electron chi connectivity index (χ1n) is 16.9. The number of aromatic nitrogens is 2. The van der Waals surface area contributed by atoms with Crippen molar-refractivity contribution in [3.8, 4) is 17.3 Å². The van der Waals surface area contributed by atoms with E-state index in [1.165, 1.54) is 42.6 Å². The van der Waals surface area contributed by atoms with Crippen molar-refractivity contribution in [2.75, 3.05) is 9.80 Å². The van der Waals surface area contributed by atoms with Gasteiger partial charge in [0.25, 0.3) is 0 Å². The van der Waals surface area contributed by atoms with Crippen molar-refractivity contribution in [3.63, 3.8) is 0 Å². The minimum Gasteiger partial charge on any atom is -0.509 e. The summed E-state index contributed by atoms with van der Waals surface area (Å²) in [5.41, 5.74) is 8.09. The van der Waals surface area contributed by atoms with Crippen LogP contribution in [0.3, 0.4) is 0 Å². The smallest absolute Gasteiger partial charge is 0.135 e. The number of pyridine rings is 1. The molecule has 256 valence electrons. The van der Waals surface area contributed by atoms with E-state index in [-0.39, 0.29) is 26.5 Å². The Labute approximate surface area is 316 Å². The van der Waals surface area contributed by atoms with Gasteiger partial charge in [-0.2, -0.15) is 12.1 Å². The Morgan fingerprint density at radius 1 is 0.725 bits per heavy atom. The van der Waals surface area contributed by atoms with Crippen LogP contribution >= 0.6 is 11.3 Å². The summed E-state index contributed by atoms with van der Waals surface area (Å²) < 4.78 is 11.2. The van der Waals surface area contributed by atoms with Crippen molar-refractivity contribution in [1.29, 1.82) is 0 Å². The van der Waals surface area contributed by atoms with Gasteiger partial charge in [0.2, 0.25) is 0 Å². The van der Waals surface area contributed by atoms with E-state index in [4.69, 9.17) is 9.72 Å². The Hall–Kier alpha value is -4.90. The quantitative estimate of drug-likeness (QED) is 0.161. The zero-order chi connectivity index (χ0) is 34.1. The number of hydrogen-bond donors (Lipinski definition) is 0. The molecule has 0 bridgehead atoms. The van der Waals surface area contributed by atoms with Gasteiger partial charge in [0, 0.05) is 64.6 Å². The van der Waals surface area contributed by atoms with Crippen molar-refractivity contribution in [3.05, 3.63) is 151 Å². The van der Waals surface area contributed by atoms with Crippen LogP contribution in [-0.2, 0) is 26.5 Å². The first-order valence-corrected chi connectivity index (χ1v) is 17.7. The Morgan fingerprint density at radius 3 is 2.25 bits per heavy atom. The molecular weight excluding hydrogens is 828 g/mol. The largest absolute Gasteiger partial charge is 0.509 e. The fourth-order valence-corrected chi connectivity index (χ4v) is 8.29. The summed E-state index contributed by atoms with van der Waals surface area (Å²) in [5, 5.41) is 4.75. The molecule has 51 heavy (non-hydrogen) atoms. The van der Waals surface area contributed by atoms with Crippen LogP contribution < -0.4 is 14.5 Å². The molecule has 0 atom stereocenters. The first kappa shape index (κ1) is 33.3. The van der Waals surface area contributed by atoms with Crippen LogP contribution in [0.4, 0.5) is 11.4 Å². The Morgan fingerprint density at radius 2 is 1.47 bits per heavy atom. The van der Waals surface area contributed by atoms with Gasteiger partial charge in [0.1, 0.15) is 5.82 Å². The molecule has 0 saturated heterocycles. The van der Waals surface area contributed by atoms with Gasteiger partial charge in [-0.25, -0.2) is 4.98 Å². The summed E-state index contributed by atoms with van der Waals surface area (Å²) >= 11 is 1.82. The van der Waals surface area contributed by atoms with E-state index in [1.807, 2.05) is 53.9 Å². The number of ether oxygens (including phenoxy) is 1. The van der Waals surface area contributed by atoms with Crippen molar-refractivity contribution < 1.29 is 25.8 Å². The number of benzene rings is 5. The second kappa shape index (κ2) is 12.7. The third-order valence-corrected chi connectivity index (χ3v) is 10.7. The second-order valence-corrected chi connectivity index (χ2v) is 15.1. The molecule has 0 radical (unpaired) electrons. The van der Waals surface area contributed by atoms with Crippen LogP contribution in [0.5, 0.6) is 11.5 Å². The molecule has 0 amide bonds. The van der Waals surface area contributed by atoms with Crippen LogP contribution in [0.1, 0.15) is 37.5 Å². The predicted octanol–water partition coefficient (Wildman–Crippen LogP) is 11.8. The molecule has 1 aliphatic rings. The monoisotopic (exact) mass is 862 g/mol. The van der Waals surface area contributed by atoms with E-state index < -0.39 is 0 Å². The topological polar surface area (TPSA) is 33.5 Å². The van der Waals surface area contributed by atoms with Gasteiger partial charge < -0.3 is 19.1 Å². The summed E-state index contributed by atoms with van der Waals surface area (Å²) in [5.74, 6) is 2.08. The molecule has 1 aliphatic heterocycles. The maximum absolute atomic E-state index is 6.49. The van der Waals surface area contributed by atoms with E-state index in [2.05, 4.69) is 141 Å². The first-order chi connectivity index (χ1) is 24.2. The van der Waals surface area contributed by atoms with Crippen molar-refractivity contribution >= 4 is 64.7 Å². The van der Waals surface area contributed by atoms with Gasteiger partial charge in [-0.1, -0.05) is 68.8 Å². The molecule has 0 spiro atoms. The summed E-state index contributed by atoms with van der Waals surface area (Å²) in [4.78, 5) is 9.06. The van der Waals surface area contributed by atoms with E-state index in [9.17, 15) is 0 Å². The van der Waals surface area contributed by atoms with Gasteiger partial charge in [-0.05, 0) is 78.0 Å². The fourth-order valence-electron chi connectivity index (χ4n) is 7.18. The van der Waals surface area contributed by atoms with E-state index in [0.717, 1.165) is 33.3 Å². The molecule has 3 aromatic heterocycles. The van der Waals surface area contributed by atoms with E-state index in [0.29, 0.717) is 11.5 Å². The van der Waals surface area contributed by atoms with Crippen molar-refractivity contribution in [2.45, 2.75) is 40.0 Å². The van der Waals surface area contributed by atoms with Crippen LogP contribution in [0.15, 0.2) is 116 Å². The molecule has 7 heteroatoms. The van der Waals surface area contributed by atoms with Crippen molar-refractivity contribution in [1.82, 2.24) is 9.55 Å². The Balaban J connectivity index is 0.00000374. The average molecular weight is 863 g/mol. The van der Waals surface area contributed by atoms with Gasteiger partial charge in [-0.15, -0.1) is 59.4 Å². The maximum Gasteiger partial charge on any atom is 0.135 e. The average Bonchev–Trinajstić information content (AvgIpc) is 3.82. The number of rotatable bonds is 5. The number of thiophene rings is 1.